The molecule has 7 heteroatoms. The molecule has 138 valence electrons. The van der Waals surface area contributed by atoms with Crippen LogP contribution in [0, 0.1) is 5.92 Å². The van der Waals surface area contributed by atoms with Crippen molar-refractivity contribution in [2.45, 2.75) is 57.4 Å². The van der Waals surface area contributed by atoms with Crippen LogP contribution in [0.5, 0.6) is 0 Å². The number of aromatic nitrogens is 1. The third kappa shape index (κ3) is 5.51. The Bertz CT molecular complexity index is 557. The van der Waals surface area contributed by atoms with Crippen LogP contribution in [0.1, 0.15) is 51.4 Å². The molecule has 6 nitrogen and oxygen atoms in total. The monoisotopic (exact) mass is 364 g/mol. The minimum absolute atomic E-state index is 0.0322. The Morgan fingerprint density at radius 1 is 1.20 bits per heavy atom. The standard InChI is InChI=1S/C18H28N4O2S/c23-16(19-9-8-14-5-2-1-3-6-14)13-22-11-4-7-15(22)17(24)21-18-20-10-12-25-18/h10,12,14-15H,1-9,11,13H2,(H,19,23)(H,20,21,24). The second-order valence-corrected chi connectivity index (χ2v) is 7.99. The first-order valence-corrected chi connectivity index (χ1v) is 10.3. The van der Waals surface area contributed by atoms with E-state index in [2.05, 4.69) is 15.6 Å². The Labute approximate surface area is 153 Å². The summed E-state index contributed by atoms with van der Waals surface area (Å²) in [6, 6.07) is -0.229. The molecule has 0 spiro atoms. The molecule has 1 atom stereocenters. The molecular weight excluding hydrogens is 336 g/mol. The molecule has 3 rings (SSSR count). The van der Waals surface area contributed by atoms with Gasteiger partial charge >= 0.3 is 0 Å². The van der Waals surface area contributed by atoms with E-state index in [9.17, 15) is 9.59 Å². The highest BCUT2D eigenvalue weighted by molar-refractivity contribution is 7.13. The molecule has 2 fully saturated rings. The van der Waals surface area contributed by atoms with E-state index < -0.39 is 0 Å². The van der Waals surface area contributed by atoms with Crippen molar-refractivity contribution in [3.05, 3.63) is 11.6 Å². The van der Waals surface area contributed by atoms with Crippen LogP contribution in [0.4, 0.5) is 5.13 Å². The number of amides is 2. The van der Waals surface area contributed by atoms with Gasteiger partial charge in [-0.15, -0.1) is 11.3 Å². The summed E-state index contributed by atoms with van der Waals surface area (Å²) in [7, 11) is 0. The van der Waals surface area contributed by atoms with Gasteiger partial charge in [0.25, 0.3) is 0 Å². The summed E-state index contributed by atoms with van der Waals surface area (Å²) in [4.78, 5) is 30.7. The van der Waals surface area contributed by atoms with E-state index in [0.29, 0.717) is 11.7 Å². The minimum Gasteiger partial charge on any atom is -0.355 e. The van der Waals surface area contributed by atoms with E-state index in [0.717, 1.165) is 38.3 Å². The van der Waals surface area contributed by atoms with Gasteiger partial charge in [0, 0.05) is 18.1 Å². The molecule has 2 amide bonds. The van der Waals surface area contributed by atoms with Gasteiger partial charge in [-0.25, -0.2) is 4.98 Å². The number of hydrogen-bond donors (Lipinski definition) is 2. The summed E-state index contributed by atoms with van der Waals surface area (Å²) in [5.41, 5.74) is 0. The van der Waals surface area contributed by atoms with Crippen LogP contribution in [0.15, 0.2) is 11.6 Å². The first-order chi connectivity index (χ1) is 12.2. The second kappa shape index (κ2) is 9.29. The fourth-order valence-corrected chi connectivity index (χ4v) is 4.45. The van der Waals surface area contributed by atoms with E-state index in [1.165, 1.54) is 43.4 Å². The van der Waals surface area contributed by atoms with Crippen LogP contribution in [-0.4, -0.2) is 47.4 Å². The van der Waals surface area contributed by atoms with Crippen molar-refractivity contribution in [3.63, 3.8) is 0 Å². The zero-order valence-electron chi connectivity index (χ0n) is 14.7. The molecule has 1 aromatic rings. The third-order valence-electron chi connectivity index (χ3n) is 5.27. The zero-order chi connectivity index (χ0) is 17.5. The molecule has 2 heterocycles. The lowest BCUT2D eigenvalue weighted by Gasteiger charge is -2.24. The van der Waals surface area contributed by atoms with E-state index in [4.69, 9.17) is 0 Å². The molecule has 0 aromatic carbocycles. The summed E-state index contributed by atoms with van der Waals surface area (Å²) in [5.74, 6) is 0.755. The largest absolute Gasteiger partial charge is 0.355 e. The Morgan fingerprint density at radius 2 is 2.04 bits per heavy atom. The van der Waals surface area contributed by atoms with Crippen molar-refractivity contribution in [1.29, 1.82) is 0 Å². The fraction of sp³-hybridized carbons (Fsp3) is 0.722. The molecule has 0 bridgehead atoms. The number of thiazole rings is 1. The van der Waals surface area contributed by atoms with Crippen molar-refractivity contribution < 1.29 is 9.59 Å². The number of anilines is 1. The lowest BCUT2D eigenvalue weighted by Crippen LogP contribution is -2.45. The Hall–Kier alpha value is -1.47. The zero-order valence-corrected chi connectivity index (χ0v) is 15.5. The topological polar surface area (TPSA) is 74.3 Å². The van der Waals surface area contributed by atoms with Crippen LogP contribution >= 0.6 is 11.3 Å². The summed E-state index contributed by atoms with van der Waals surface area (Å²) >= 11 is 1.41. The highest BCUT2D eigenvalue weighted by Crippen LogP contribution is 2.25. The molecule has 1 saturated carbocycles. The Balaban J connectivity index is 1.39. The predicted octanol–water partition coefficient (Wildman–Crippen LogP) is 2.63. The van der Waals surface area contributed by atoms with Crippen LogP contribution < -0.4 is 10.6 Å². The Morgan fingerprint density at radius 3 is 2.80 bits per heavy atom. The van der Waals surface area contributed by atoms with Gasteiger partial charge in [-0.2, -0.15) is 0 Å². The van der Waals surface area contributed by atoms with Crippen LogP contribution in [0.2, 0.25) is 0 Å². The van der Waals surface area contributed by atoms with Gasteiger partial charge < -0.3 is 10.6 Å². The molecule has 2 N–H and O–H groups in total. The van der Waals surface area contributed by atoms with Gasteiger partial charge in [0.1, 0.15) is 0 Å². The first-order valence-electron chi connectivity index (χ1n) is 9.43. The number of carbonyl (C=O) groups excluding carboxylic acids is 2. The number of likely N-dealkylation sites (tertiary alicyclic amines) is 1. The summed E-state index contributed by atoms with van der Waals surface area (Å²) in [6.45, 7) is 1.86. The lowest BCUT2D eigenvalue weighted by molar-refractivity contribution is -0.124. The Kier molecular flexibility index (Phi) is 6.81. The molecular formula is C18H28N4O2S. The molecule has 1 saturated heterocycles. The minimum atomic E-state index is -0.229. The van der Waals surface area contributed by atoms with E-state index in [-0.39, 0.29) is 17.9 Å². The molecule has 0 radical (unpaired) electrons. The van der Waals surface area contributed by atoms with Crippen LogP contribution in [-0.2, 0) is 9.59 Å². The average molecular weight is 365 g/mol. The van der Waals surface area contributed by atoms with Crippen molar-refractivity contribution in [3.8, 4) is 0 Å². The average Bonchev–Trinajstić information content (AvgIpc) is 3.27. The fourth-order valence-electron chi connectivity index (χ4n) is 3.92. The number of nitrogens with zero attached hydrogens (tertiary/aromatic N) is 2. The van der Waals surface area contributed by atoms with Crippen LogP contribution in [0.25, 0.3) is 0 Å². The highest BCUT2D eigenvalue weighted by Gasteiger charge is 2.32. The summed E-state index contributed by atoms with van der Waals surface area (Å²) < 4.78 is 0. The van der Waals surface area contributed by atoms with Gasteiger partial charge in [-0.1, -0.05) is 32.1 Å². The number of carbonyl (C=O) groups is 2. The molecule has 1 aliphatic heterocycles. The molecule has 1 aromatic heterocycles. The summed E-state index contributed by atoms with van der Waals surface area (Å²) in [6.07, 6.45) is 11.2. The predicted molar refractivity (Wildman–Crippen MR) is 99.5 cm³/mol. The first kappa shape index (κ1) is 18.3. The maximum Gasteiger partial charge on any atom is 0.243 e. The van der Waals surface area contributed by atoms with E-state index in [1.807, 2.05) is 10.3 Å². The van der Waals surface area contributed by atoms with Gasteiger partial charge in [0.2, 0.25) is 11.8 Å². The van der Waals surface area contributed by atoms with Gasteiger partial charge in [0.15, 0.2) is 5.13 Å². The normalized spacial score (nSPS) is 22.0. The van der Waals surface area contributed by atoms with Crippen molar-refractivity contribution in [2.75, 3.05) is 25.0 Å². The molecule has 25 heavy (non-hydrogen) atoms. The second-order valence-electron chi connectivity index (χ2n) is 7.10. The maximum absolute atomic E-state index is 12.4. The van der Waals surface area contributed by atoms with Crippen molar-refractivity contribution in [1.82, 2.24) is 15.2 Å². The molecule has 1 aliphatic carbocycles. The van der Waals surface area contributed by atoms with Gasteiger partial charge in [-0.05, 0) is 31.7 Å². The van der Waals surface area contributed by atoms with Crippen molar-refractivity contribution >= 4 is 28.3 Å². The van der Waals surface area contributed by atoms with E-state index >= 15 is 0 Å². The van der Waals surface area contributed by atoms with Crippen LogP contribution in [0.3, 0.4) is 0 Å². The smallest absolute Gasteiger partial charge is 0.243 e. The van der Waals surface area contributed by atoms with Gasteiger partial charge in [-0.3, -0.25) is 14.5 Å². The maximum atomic E-state index is 12.4. The van der Waals surface area contributed by atoms with E-state index in [1.54, 1.807) is 6.20 Å². The third-order valence-corrected chi connectivity index (χ3v) is 5.96. The molecule has 1 unspecified atom stereocenters. The van der Waals surface area contributed by atoms with Crippen molar-refractivity contribution in [2.24, 2.45) is 5.92 Å². The SMILES string of the molecule is O=C(CN1CCCC1C(=O)Nc1nccs1)NCCC1CCCCC1. The van der Waals surface area contributed by atoms with Gasteiger partial charge in [0.05, 0.1) is 12.6 Å². The number of hydrogen-bond acceptors (Lipinski definition) is 5. The lowest BCUT2D eigenvalue weighted by atomic mass is 9.87. The number of rotatable bonds is 7. The molecule has 2 aliphatic rings. The highest BCUT2D eigenvalue weighted by atomic mass is 32.1. The summed E-state index contributed by atoms with van der Waals surface area (Å²) in [5, 5.41) is 8.34. The number of nitrogens with one attached hydrogen (secondary N) is 2. The quantitative estimate of drug-likeness (QED) is 0.780.